The Morgan fingerprint density at radius 2 is 1.56 bits per heavy atom. The number of rotatable bonds is 7. The highest BCUT2D eigenvalue weighted by Crippen LogP contribution is 2.40. The predicted molar refractivity (Wildman–Crippen MR) is 93.9 cm³/mol. The molecule has 0 aliphatic carbocycles. The van der Waals surface area contributed by atoms with Gasteiger partial charge in [-0.2, -0.15) is 22.0 Å². The second-order valence-corrected chi connectivity index (χ2v) is 7.37. The van der Waals surface area contributed by atoms with Gasteiger partial charge in [0.25, 0.3) is 0 Å². The Hall–Kier alpha value is -2.16. The van der Waals surface area contributed by atoms with Gasteiger partial charge in [-0.1, -0.05) is 17.7 Å². The van der Waals surface area contributed by atoms with Crippen molar-refractivity contribution in [1.82, 2.24) is 0 Å². The molecule has 2 aromatic carbocycles. The Balaban J connectivity index is 2.28. The van der Waals surface area contributed by atoms with Crippen LogP contribution >= 0.6 is 0 Å². The summed E-state index contributed by atoms with van der Waals surface area (Å²) in [5.41, 5.74) is 0.884. The minimum Gasteiger partial charge on any atom is -0.497 e. The number of anilines is 1. The summed E-state index contributed by atoms with van der Waals surface area (Å²) >= 11 is 0. The van der Waals surface area contributed by atoms with Crippen molar-refractivity contribution in [1.29, 1.82) is 0 Å². The van der Waals surface area contributed by atoms with Crippen LogP contribution in [-0.2, 0) is 10.8 Å². The molecule has 0 aromatic heterocycles. The smallest absolute Gasteiger partial charge is 0.455 e. The molecule has 0 amide bonds. The molecule has 0 aliphatic rings. The lowest BCUT2D eigenvalue weighted by Crippen LogP contribution is -2.53. The molecule has 0 fully saturated rings. The SMILES string of the molecule is COc1ccc(N[C@H](CS(=O)c2ccc(C)cc2)C(F)(F)C(F)(F)F)cc1. The fourth-order valence-electron chi connectivity index (χ4n) is 2.26. The number of aryl methyl sites for hydroxylation is 1. The third-order valence-electron chi connectivity index (χ3n) is 3.85. The van der Waals surface area contributed by atoms with Gasteiger partial charge in [-0.3, -0.25) is 4.21 Å². The van der Waals surface area contributed by atoms with Gasteiger partial charge in [-0.25, -0.2) is 0 Å². The third-order valence-corrected chi connectivity index (χ3v) is 5.28. The fourth-order valence-corrected chi connectivity index (χ4v) is 3.49. The minimum absolute atomic E-state index is 0.0330. The number of hydrogen-bond acceptors (Lipinski definition) is 3. The molecule has 1 N–H and O–H groups in total. The lowest BCUT2D eigenvalue weighted by atomic mass is 10.1. The van der Waals surface area contributed by atoms with Crippen LogP contribution in [0.2, 0.25) is 0 Å². The van der Waals surface area contributed by atoms with E-state index in [9.17, 15) is 26.2 Å². The van der Waals surface area contributed by atoms with Crippen LogP contribution in [0.5, 0.6) is 5.75 Å². The molecule has 0 heterocycles. The van der Waals surface area contributed by atoms with Crippen molar-refractivity contribution in [2.75, 3.05) is 18.2 Å². The first kappa shape index (κ1) is 21.1. The molecule has 2 atom stereocenters. The monoisotopic (exact) mass is 407 g/mol. The van der Waals surface area contributed by atoms with Crippen LogP contribution in [-0.4, -0.2) is 35.2 Å². The van der Waals surface area contributed by atoms with Crippen LogP contribution in [0.15, 0.2) is 53.4 Å². The highest BCUT2D eigenvalue weighted by atomic mass is 32.2. The van der Waals surface area contributed by atoms with E-state index in [1.165, 1.54) is 43.5 Å². The second-order valence-electron chi connectivity index (χ2n) is 5.87. The maximum absolute atomic E-state index is 14.0. The summed E-state index contributed by atoms with van der Waals surface area (Å²) in [6.45, 7) is 1.78. The molecule has 0 spiro atoms. The fraction of sp³-hybridized carbons (Fsp3) is 0.333. The van der Waals surface area contributed by atoms with Gasteiger partial charge < -0.3 is 10.1 Å². The number of ether oxygens (including phenoxy) is 1. The van der Waals surface area contributed by atoms with Gasteiger partial charge >= 0.3 is 12.1 Å². The topological polar surface area (TPSA) is 38.3 Å². The summed E-state index contributed by atoms with van der Waals surface area (Å²) in [4.78, 5) is 0.181. The summed E-state index contributed by atoms with van der Waals surface area (Å²) < 4.78 is 84.0. The van der Waals surface area contributed by atoms with Crippen molar-refractivity contribution in [3.8, 4) is 5.75 Å². The molecular formula is C18H18F5NO2S. The van der Waals surface area contributed by atoms with Gasteiger partial charge in [0.1, 0.15) is 11.8 Å². The van der Waals surface area contributed by atoms with Crippen LogP contribution in [0.25, 0.3) is 0 Å². The summed E-state index contributed by atoms with van der Waals surface area (Å²) in [5.74, 6) is -5.57. The van der Waals surface area contributed by atoms with Crippen molar-refractivity contribution < 1.29 is 30.9 Å². The lowest BCUT2D eigenvalue weighted by molar-refractivity contribution is -0.285. The van der Waals surface area contributed by atoms with Crippen molar-refractivity contribution >= 4 is 16.5 Å². The molecule has 2 rings (SSSR count). The molecule has 0 saturated carbocycles. The van der Waals surface area contributed by atoms with E-state index in [2.05, 4.69) is 5.32 Å². The normalized spacial score (nSPS) is 14.5. The van der Waals surface area contributed by atoms with Crippen molar-refractivity contribution in [2.45, 2.75) is 30.0 Å². The van der Waals surface area contributed by atoms with Gasteiger partial charge in [0.05, 0.1) is 23.7 Å². The van der Waals surface area contributed by atoms with Crippen molar-refractivity contribution in [3.63, 3.8) is 0 Å². The first-order chi connectivity index (χ1) is 12.5. The number of halogens is 5. The Morgan fingerprint density at radius 1 is 1.00 bits per heavy atom. The minimum atomic E-state index is -5.78. The lowest BCUT2D eigenvalue weighted by Gasteiger charge is -2.30. The zero-order valence-electron chi connectivity index (χ0n) is 14.5. The summed E-state index contributed by atoms with van der Waals surface area (Å²) in [6, 6.07) is 9.17. The van der Waals surface area contributed by atoms with E-state index in [1.54, 1.807) is 19.1 Å². The van der Waals surface area contributed by atoms with Crippen molar-refractivity contribution in [3.05, 3.63) is 54.1 Å². The molecule has 0 bridgehead atoms. The number of methoxy groups -OCH3 is 1. The summed E-state index contributed by atoms with van der Waals surface area (Å²) in [7, 11) is -0.653. The number of alkyl halides is 5. The van der Waals surface area contributed by atoms with E-state index in [1.807, 2.05) is 0 Å². The molecule has 0 aliphatic heterocycles. The first-order valence-electron chi connectivity index (χ1n) is 7.85. The van der Waals surface area contributed by atoms with Crippen molar-refractivity contribution in [2.24, 2.45) is 0 Å². The molecule has 2 aromatic rings. The molecule has 0 saturated heterocycles. The van der Waals surface area contributed by atoms with Gasteiger partial charge in [0.2, 0.25) is 0 Å². The van der Waals surface area contributed by atoms with Crippen LogP contribution in [0.4, 0.5) is 27.6 Å². The number of nitrogens with one attached hydrogen (secondary N) is 1. The molecule has 148 valence electrons. The summed E-state index contributed by atoms with van der Waals surface area (Å²) in [5, 5.41) is 2.17. The average molecular weight is 407 g/mol. The third kappa shape index (κ3) is 5.18. The van der Waals surface area contributed by atoms with E-state index in [0.29, 0.717) is 5.75 Å². The molecule has 0 radical (unpaired) electrons. The number of benzene rings is 2. The largest absolute Gasteiger partial charge is 0.497 e. The molecule has 27 heavy (non-hydrogen) atoms. The maximum atomic E-state index is 14.0. The zero-order chi connectivity index (χ0) is 20.2. The highest BCUT2D eigenvalue weighted by Gasteiger charge is 2.62. The van der Waals surface area contributed by atoms with E-state index in [0.717, 1.165) is 5.56 Å². The molecule has 9 heteroatoms. The highest BCUT2D eigenvalue weighted by molar-refractivity contribution is 7.85. The molecule has 3 nitrogen and oxygen atoms in total. The van der Waals surface area contributed by atoms with E-state index in [-0.39, 0.29) is 10.6 Å². The van der Waals surface area contributed by atoms with Gasteiger partial charge in [0.15, 0.2) is 0 Å². The Labute approximate surface area is 156 Å². The Bertz CT molecular complexity index is 776. The van der Waals surface area contributed by atoms with E-state index in [4.69, 9.17) is 4.74 Å². The second kappa shape index (κ2) is 8.24. The quantitative estimate of drug-likeness (QED) is 0.671. The maximum Gasteiger partial charge on any atom is 0.455 e. The van der Waals surface area contributed by atoms with Crippen LogP contribution in [0.1, 0.15) is 5.56 Å². The number of hydrogen-bond donors (Lipinski definition) is 1. The average Bonchev–Trinajstić information content (AvgIpc) is 2.61. The predicted octanol–water partition coefficient (Wildman–Crippen LogP) is 4.79. The van der Waals surface area contributed by atoms with Gasteiger partial charge in [-0.15, -0.1) is 0 Å². The zero-order valence-corrected chi connectivity index (χ0v) is 15.3. The van der Waals surface area contributed by atoms with Crippen LogP contribution < -0.4 is 10.1 Å². The molecule has 1 unspecified atom stereocenters. The summed E-state index contributed by atoms with van der Waals surface area (Å²) in [6.07, 6.45) is -5.78. The van der Waals surface area contributed by atoms with E-state index < -0.39 is 34.7 Å². The molecular weight excluding hydrogens is 389 g/mol. The van der Waals surface area contributed by atoms with Gasteiger partial charge in [0, 0.05) is 10.6 Å². The first-order valence-corrected chi connectivity index (χ1v) is 9.16. The van der Waals surface area contributed by atoms with E-state index >= 15 is 0 Å². The van der Waals surface area contributed by atoms with Gasteiger partial charge in [-0.05, 0) is 43.3 Å². The Morgan fingerprint density at radius 3 is 2.04 bits per heavy atom. The Kier molecular flexibility index (Phi) is 6.46. The van der Waals surface area contributed by atoms with Crippen LogP contribution in [0.3, 0.4) is 0 Å². The van der Waals surface area contributed by atoms with Crippen LogP contribution in [0, 0.1) is 6.92 Å². The standard InChI is InChI=1S/C18H18F5NO2S/c1-12-3-9-15(10-4-12)27(25)11-16(17(19,20)18(21,22)23)24-13-5-7-14(26-2)8-6-13/h3-10,16,24H,11H2,1-2H3/t16-,27?/m1/s1.